The van der Waals surface area contributed by atoms with Gasteiger partial charge in [-0.05, 0) is 25.0 Å². The lowest BCUT2D eigenvalue weighted by Crippen LogP contribution is -2.39. The number of nitrogens with one attached hydrogen (secondary N) is 2. The van der Waals surface area contributed by atoms with E-state index in [1.54, 1.807) is 0 Å². The molecule has 2 aliphatic rings. The Kier molecular flexibility index (Phi) is 3.40. The van der Waals surface area contributed by atoms with Gasteiger partial charge >= 0.3 is 0 Å². The third-order valence-corrected chi connectivity index (χ3v) is 4.73. The second-order valence-electron chi connectivity index (χ2n) is 5.66. The first-order valence-corrected chi connectivity index (χ1v) is 7.43. The van der Waals surface area contributed by atoms with Crippen molar-refractivity contribution in [1.82, 2.24) is 0 Å². The summed E-state index contributed by atoms with van der Waals surface area (Å²) in [6.45, 7) is 0.714. The summed E-state index contributed by atoms with van der Waals surface area (Å²) in [5.74, 6) is 0.133. The van der Waals surface area contributed by atoms with Gasteiger partial charge in [0.2, 0.25) is 5.91 Å². The first kappa shape index (κ1) is 12.8. The van der Waals surface area contributed by atoms with Crippen molar-refractivity contribution in [1.29, 1.82) is 0 Å². The van der Waals surface area contributed by atoms with Crippen molar-refractivity contribution in [2.24, 2.45) is 5.41 Å². The third-order valence-electron chi connectivity index (χ3n) is 4.41. The summed E-state index contributed by atoms with van der Waals surface area (Å²) < 4.78 is 0. The molecule has 2 N–H and O–H groups in total. The smallest absolute Gasteiger partial charge is 0.232 e. The minimum Gasteiger partial charge on any atom is -0.382 e. The molecule has 102 valence electrons. The summed E-state index contributed by atoms with van der Waals surface area (Å²) in [4.78, 5) is 12.6. The molecule has 0 bridgehead atoms. The third kappa shape index (κ3) is 2.32. The van der Waals surface area contributed by atoms with Crippen LogP contribution in [0.4, 0.5) is 11.4 Å². The summed E-state index contributed by atoms with van der Waals surface area (Å²) >= 11 is 6.18. The van der Waals surface area contributed by atoms with E-state index < -0.39 is 0 Å². The SMILES string of the molecule is O=C1Nc2c(Cl)cccc2NCC12CCCCCC2. The molecule has 1 saturated carbocycles. The number of hydrogen-bond acceptors (Lipinski definition) is 2. The molecule has 0 unspecified atom stereocenters. The van der Waals surface area contributed by atoms with Crippen LogP contribution in [0.1, 0.15) is 38.5 Å². The van der Waals surface area contributed by atoms with Crippen LogP contribution in [0.2, 0.25) is 5.02 Å². The van der Waals surface area contributed by atoms with E-state index in [2.05, 4.69) is 10.6 Å². The highest BCUT2D eigenvalue weighted by molar-refractivity contribution is 6.34. The van der Waals surface area contributed by atoms with E-state index in [1.807, 2.05) is 18.2 Å². The highest BCUT2D eigenvalue weighted by Gasteiger charge is 2.40. The van der Waals surface area contributed by atoms with Crippen molar-refractivity contribution < 1.29 is 4.79 Å². The van der Waals surface area contributed by atoms with Crippen molar-refractivity contribution in [3.05, 3.63) is 23.2 Å². The molecule has 0 radical (unpaired) electrons. The molecule has 0 aromatic heterocycles. The fourth-order valence-electron chi connectivity index (χ4n) is 3.20. The topological polar surface area (TPSA) is 41.1 Å². The van der Waals surface area contributed by atoms with Gasteiger partial charge in [-0.3, -0.25) is 4.79 Å². The quantitative estimate of drug-likeness (QED) is 0.752. The maximum absolute atomic E-state index is 12.6. The molecule has 0 atom stereocenters. The van der Waals surface area contributed by atoms with Crippen LogP contribution in [0.5, 0.6) is 0 Å². The Bertz CT molecular complexity index is 493. The molecule has 1 amide bonds. The number of carbonyl (C=O) groups is 1. The first-order valence-electron chi connectivity index (χ1n) is 7.05. The van der Waals surface area contributed by atoms with Gasteiger partial charge < -0.3 is 10.6 Å². The number of anilines is 2. The van der Waals surface area contributed by atoms with E-state index in [9.17, 15) is 4.79 Å². The minimum absolute atomic E-state index is 0.133. The zero-order valence-corrected chi connectivity index (χ0v) is 11.7. The molecule has 1 aliphatic carbocycles. The molecular weight excluding hydrogens is 260 g/mol. The van der Waals surface area contributed by atoms with Gasteiger partial charge in [0.25, 0.3) is 0 Å². The van der Waals surface area contributed by atoms with E-state index in [0.29, 0.717) is 11.6 Å². The summed E-state index contributed by atoms with van der Waals surface area (Å²) in [6.07, 6.45) is 6.69. The average molecular weight is 279 g/mol. The molecule has 0 saturated heterocycles. The Morgan fingerprint density at radius 3 is 2.58 bits per heavy atom. The van der Waals surface area contributed by atoms with Gasteiger partial charge in [-0.15, -0.1) is 0 Å². The number of para-hydroxylation sites is 1. The van der Waals surface area contributed by atoms with E-state index in [1.165, 1.54) is 12.8 Å². The summed E-state index contributed by atoms with van der Waals surface area (Å²) in [6, 6.07) is 5.69. The van der Waals surface area contributed by atoms with Crippen LogP contribution in [0.15, 0.2) is 18.2 Å². The Morgan fingerprint density at radius 1 is 1.11 bits per heavy atom. The molecular formula is C15H19ClN2O. The predicted molar refractivity (Wildman–Crippen MR) is 78.7 cm³/mol. The van der Waals surface area contributed by atoms with Gasteiger partial charge in [0.15, 0.2) is 0 Å². The number of halogens is 1. The second-order valence-corrected chi connectivity index (χ2v) is 6.07. The number of amides is 1. The first-order chi connectivity index (χ1) is 9.21. The van der Waals surface area contributed by atoms with Crippen molar-refractivity contribution in [3.8, 4) is 0 Å². The fourth-order valence-corrected chi connectivity index (χ4v) is 3.42. The monoisotopic (exact) mass is 278 g/mol. The Hall–Kier alpha value is -1.22. The van der Waals surface area contributed by atoms with Crippen LogP contribution >= 0.6 is 11.6 Å². The highest BCUT2D eigenvalue weighted by Crippen LogP contribution is 2.41. The maximum Gasteiger partial charge on any atom is 0.232 e. The van der Waals surface area contributed by atoms with Crippen LogP contribution in [0.3, 0.4) is 0 Å². The van der Waals surface area contributed by atoms with Gasteiger partial charge in [-0.25, -0.2) is 0 Å². The van der Waals surface area contributed by atoms with Crippen LogP contribution in [-0.2, 0) is 4.79 Å². The van der Waals surface area contributed by atoms with Crippen molar-refractivity contribution in [2.45, 2.75) is 38.5 Å². The van der Waals surface area contributed by atoms with Crippen LogP contribution < -0.4 is 10.6 Å². The van der Waals surface area contributed by atoms with Crippen molar-refractivity contribution >= 4 is 28.9 Å². The van der Waals surface area contributed by atoms with E-state index in [4.69, 9.17) is 11.6 Å². The molecule has 1 aromatic carbocycles. The van der Waals surface area contributed by atoms with Crippen LogP contribution in [0, 0.1) is 5.41 Å². The van der Waals surface area contributed by atoms with Crippen LogP contribution in [-0.4, -0.2) is 12.5 Å². The predicted octanol–water partition coefficient (Wildman–Crippen LogP) is 4.04. The summed E-state index contributed by atoms with van der Waals surface area (Å²) in [5.41, 5.74) is 1.40. The number of carbonyl (C=O) groups excluding carboxylic acids is 1. The molecule has 3 rings (SSSR count). The zero-order chi connectivity index (χ0) is 13.3. The lowest BCUT2D eigenvalue weighted by Gasteiger charge is -2.29. The van der Waals surface area contributed by atoms with Gasteiger partial charge in [-0.2, -0.15) is 0 Å². The standard InChI is InChI=1S/C15H19ClN2O/c16-11-6-5-7-12-13(11)18-14(19)15(10-17-12)8-3-1-2-4-9-15/h5-7,17H,1-4,8-10H2,(H,18,19). The second kappa shape index (κ2) is 5.04. The average Bonchev–Trinajstić information content (AvgIpc) is 2.72. The fraction of sp³-hybridized carbons (Fsp3) is 0.533. The molecule has 1 spiro atoms. The lowest BCUT2D eigenvalue weighted by molar-refractivity contribution is -0.125. The van der Waals surface area contributed by atoms with E-state index >= 15 is 0 Å². The Balaban J connectivity index is 1.93. The summed E-state index contributed by atoms with van der Waals surface area (Å²) in [5, 5.41) is 7.06. The van der Waals surface area contributed by atoms with E-state index in [-0.39, 0.29) is 11.3 Å². The minimum atomic E-state index is -0.265. The molecule has 1 heterocycles. The Labute approximate surface area is 118 Å². The van der Waals surface area contributed by atoms with Gasteiger partial charge in [0.1, 0.15) is 0 Å². The molecule has 4 heteroatoms. The van der Waals surface area contributed by atoms with Gasteiger partial charge in [-0.1, -0.05) is 43.4 Å². The molecule has 3 nitrogen and oxygen atoms in total. The number of rotatable bonds is 0. The largest absolute Gasteiger partial charge is 0.382 e. The number of hydrogen-bond donors (Lipinski definition) is 2. The van der Waals surface area contributed by atoms with Crippen LogP contribution in [0.25, 0.3) is 0 Å². The molecule has 19 heavy (non-hydrogen) atoms. The normalized spacial score (nSPS) is 21.8. The number of fused-ring (bicyclic) bond motifs is 1. The van der Waals surface area contributed by atoms with Gasteiger partial charge in [0.05, 0.1) is 21.8 Å². The summed E-state index contributed by atoms with van der Waals surface area (Å²) in [7, 11) is 0. The van der Waals surface area contributed by atoms with Gasteiger partial charge in [0, 0.05) is 6.54 Å². The molecule has 1 aromatic rings. The van der Waals surface area contributed by atoms with E-state index in [0.717, 1.165) is 37.1 Å². The highest BCUT2D eigenvalue weighted by atomic mass is 35.5. The van der Waals surface area contributed by atoms with Crippen molar-refractivity contribution in [2.75, 3.05) is 17.2 Å². The molecule has 1 aliphatic heterocycles. The lowest BCUT2D eigenvalue weighted by atomic mass is 9.79. The number of benzene rings is 1. The Morgan fingerprint density at radius 2 is 1.84 bits per heavy atom. The maximum atomic E-state index is 12.6. The van der Waals surface area contributed by atoms with Crippen molar-refractivity contribution in [3.63, 3.8) is 0 Å². The zero-order valence-electron chi connectivity index (χ0n) is 11.0. The molecule has 1 fully saturated rings.